The molecule has 0 aliphatic heterocycles. The van der Waals surface area contributed by atoms with Crippen molar-refractivity contribution in [3.63, 3.8) is 0 Å². The van der Waals surface area contributed by atoms with Crippen LogP contribution in [0.2, 0.25) is 0 Å². The topological polar surface area (TPSA) is 55.1 Å². The van der Waals surface area contributed by atoms with Gasteiger partial charge in [-0.1, -0.05) is 38.3 Å². The fraction of sp³-hybridized carbons (Fsp3) is 0.562. The van der Waals surface area contributed by atoms with E-state index in [0.29, 0.717) is 17.2 Å². The molecule has 1 aliphatic rings. The minimum absolute atomic E-state index is 0.0191. The van der Waals surface area contributed by atoms with Crippen LogP contribution in [0.1, 0.15) is 54.9 Å². The van der Waals surface area contributed by atoms with Crippen LogP contribution < -0.4 is 11.1 Å². The summed E-state index contributed by atoms with van der Waals surface area (Å²) in [5.41, 5.74) is 8.08. The molecule has 0 bridgehead atoms. The van der Waals surface area contributed by atoms with Crippen LogP contribution in [0.5, 0.6) is 0 Å². The summed E-state index contributed by atoms with van der Waals surface area (Å²) in [6, 6.07) is 5.89. The zero-order valence-electron chi connectivity index (χ0n) is 11.9. The zero-order valence-corrected chi connectivity index (χ0v) is 11.9. The molecule has 1 fully saturated rings. The highest BCUT2D eigenvalue weighted by Gasteiger charge is 2.23. The maximum absolute atomic E-state index is 12.4. The van der Waals surface area contributed by atoms with Crippen LogP contribution in [0.25, 0.3) is 0 Å². The molecule has 104 valence electrons. The Hall–Kier alpha value is -1.51. The lowest BCUT2D eigenvalue weighted by Gasteiger charge is -2.23. The lowest BCUT2D eigenvalue weighted by atomic mass is 9.96. The average molecular weight is 260 g/mol. The Labute approximate surface area is 115 Å². The van der Waals surface area contributed by atoms with Gasteiger partial charge in [-0.2, -0.15) is 0 Å². The predicted molar refractivity (Wildman–Crippen MR) is 79.1 cm³/mol. The van der Waals surface area contributed by atoms with Crippen molar-refractivity contribution < 1.29 is 4.79 Å². The molecule has 2 unspecified atom stereocenters. The number of hydrogen-bond acceptors (Lipinski definition) is 2. The summed E-state index contributed by atoms with van der Waals surface area (Å²) in [7, 11) is 0. The summed E-state index contributed by atoms with van der Waals surface area (Å²) in [5.74, 6) is 0.533. The van der Waals surface area contributed by atoms with Crippen LogP contribution in [-0.2, 0) is 0 Å². The van der Waals surface area contributed by atoms with Crippen molar-refractivity contribution in [3.05, 3.63) is 29.3 Å². The second-order valence-corrected chi connectivity index (χ2v) is 5.73. The normalized spacial score (nSPS) is 23.7. The molecule has 1 amide bonds. The summed E-state index contributed by atoms with van der Waals surface area (Å²) in [6.45, 7) is 4.17. The molecular formula is C16H24N2O. The minimum Gasteiger partial charge on any atom is -0.398 e. The van der Waals surface area contributed by atoms with E-state index in [1.54, 1.807) is 6.07 Å². The van der Waals surface area contributed by atoms with E-state index in [-0.39, 0.29) is 11.9 Å². The van der Waals surface area contributed by atoms with Crippen molar-refractivity contribution in [2.24, 2.45) is 5.92 Å². The van der Waals surface area contributed by atoms with Crippen molar-refractivity contribution in [3.8, 4) is 0 Å². The van der Waals surface area contributed by atoms with Crippen molar-refractivity contribution in [1.82, 2.24) is 5.32 Å². The van der Waals surface area contributed by atoms with Gasteiger partial charge in [0.15, 0.2) is 0 Å². The molecule has 3 N–H and O–H groups in total. The van der Waals surface area contributed by atoms with E-state index in [1.807, 2.05) is 19.1 Å². The molecule has 0 radical (unpaired) electrons. The van der Waals surface area contributed by atoms with Crippen LogP contribution in [0.4, 0.5) is 5.69 Å². The highest BCUT2D eigenvalue weighted by molar-refractivity contribution is 6.00. The molecule has 1 aliphatic carbocycles. The maximum Gasteiger partial charge on any atom is 0.253 e. The number of nitrogens with one attached hydrogen (secondary N) is 1. The summed E-state index contributed by atoms with van der Waals surface area (Å²) in [4.78, 5) is 12.4. The van der Waals surface area contributed by atoms with E-state index in [2.05, 4.69) is 12.2 Å². The lowest BCUT2D eigenvalue weighted by Crippen LogP contribution is -2.39. The van der Waals surface area contributed by atoms with Gasteiger partial charge < -0.3 is 11.1 Å². The molecule has 3 heteroatoms. The SMILES string of the molecule is Cc1cccc(N)c1C(=O)NC1CCCCCC1C. The van der Waals surface area contributed by atoms with Gasteiger partial charge in [-0.15, -0.1) is 0 Å². The van der Waals surface area contributed by atoms with Crippen molar-refractivity contribution in [2.45, 2.75) is 52.0 Å². The van der Waals surface area contributed by atoms with Gasteiger partial charge in [0.2, 0.25) is 0 Å². The molecule has 0 saturated heterocycles. The summed E-state index contributed by atoms with van der Waals surface area (Å²) in [5, 5.41) is 3.19. The van der Waals surface area contributed by atoms with Crippen molar-refractivity contribution in [1.29, 1.82) is 0 Å². The highest BCUT2D eigenvalue weighted by Crippen LogP contribution is 2.24. The van der Waals surface area contributed by atoms with Gasteiger partial charge in [-0.05, 0) is 37.3 Å². The Morgan fingerprint density at radius 2 is 2.00 bits per heavy atom. The molecule has 1 aromatic carbocycles. The van der Waals surface area contributed by atoms with Gasteiger partial charge in [-0.3, -0.25) is 4.79 Å². The van der Waals surface area contributed by atoms with Gasteiger partial charge in [0.05, 0.1) is 5.56 Å². The molecular weight excluding hydrogens is 236 g/mol. The second kappa shape index (κ2) is 6.09. The van der Waals surface area contributed by atoms with Crippen LogP contribution >= 0.6 is 0 Å². The third-order valence-corrected chi connectivity index (χ3v) is 4.21. The molecule has 1 saturated carbocycles. The number of nitrogen functional groups attached to an aromatic ring is 1. The molecule has 3 nitrogen and oxygen atoms in total. The van der Waals surface area contributed by atoms with E-state index in [4.69, 9.17) is 5.73 Å². The number of aryl methyl sites for hydroxylation is 1. The van der Waals surface area contributed by atoms with Crippen LogP contribution in [0, 0.1) is 12.8 Å². The third-order valence-electron chi connectivity index (χ3n) is 4.21. The number of benzene rings is 1. The van der Waals surface area contributed by atoms with Gasteiger partial charge in [0.25, 0.3) is 5.91 Å². The van der Waals surface area contributed by atoms with E-state index in [9.17, 15) is 4.79 Å². The monoisotopic (exact) mass is 260 g/mol. The number of nitrogens with two attached hydrogens (primary N) is 1. The Balaban J connectivity index is 2.12. The minimum atomic E-state index is -0.0191. The first-order valence-electron chi connectivity index (χ1n) is 7.25. The number of amides is 1. The number of rotatable bonds is 2. The molecule has 0 aromatic heterocycles. The van der Waals surface area contributed by atoms with Gasteiger partial charge >= 0.3 is 0 Å². The summed E-state index contributed by atoms with van der Waals surface area (Å²) in [6.07, 6.45) is 6.05. The van der Waals surface area contributed by atoms with Gasteiger partial charge in [-0.25, -0.2) is 0 Å². The second-order valence-electron chi connectivity index (χ2n) is 5.73. The van der Waals surface area contributed by atoms with Gasteiger partial charge in [0.1, 0.15) is 0 Å². The van der Waals surface area contributed by atoms with Crippen LogP contribution in [0.3, 0.4) is 0 Å². The Bertz CT molecular complexity index is 436. The molecule has 0 spiro atoms. The smallest absolute Gasteiger partial charge is 0.253 e. The van der Waals surface area contributed by atoms with Crippen LogP contribution in [-0.4, -0.2) is 11.9 Å². The highest BCUT2D eigenvalue weighted by atomic mass is 16.1. The first-order chi connectivity index (χ1) is 9.09. The van der Waals surface area contributed by atoms with Crippen LogP contribution in [0.15, 0.2) is 18.2 Å². The molecule has 0 heterocycles. The fourth-order valence-corrected chi connectivity index (χ4v) is 2.95. The van der Waals surface area contributed by atoms with Gasteiger partial charge in [0, 0.05) is 11.7 Å². The Morgan fingerprint density at radius 3 is 2.74 bits per heavy atom. The molecule has 19 heavy (non-hydrogen) atoms. The maximum atomic E-state index is 12.4. The average Bonchev–Trinajstić information content (AvgIpc) is 2.55. The van der Waals surface area contributed by atoms with E-state index >= 15 is 0 Å². The third kappa shape index (κ3) is 3.28. The quantitative estimate of drug-likeness (QED) is 0.633. The summed E-state index contributed by atoms with van der Waals surface area (Å²) < 4.78 is 0. The number of hydrogen-bond donors (Lipinski definition) is 2. The lowest BCUT2D eigenvalue weighted by molar-refractivity contribution is 0.0922. The molecule has 2 rings (SSSR count). The standard InChI is InChI=1S/C16H24N2O/c1-11-7-4-3-5-10-14(11)18-16(19)15-12(2)8-6-9-13(15)17/h6,8-9,11,14H,3-5,7,10,17H2,1-2H3,(H,18,19). The Kier molecular flexibility index (Phi) is 4.46. The summed E-state index contributed by atoms with van der Waals surface area (Å²) >= 11 is 0. The van der Waals surface area contributed by atoms with Crippen molar-refractivity contribution >= 4 is 11.6 Å². The zero-order chi connectivity index (χ0) is 13.8. The predicted octanol–water partition coefficient (Wildman–Crippen LogP) is 3.28. The van der Waals surface area contributed by atoms with E-state index in [1.165, 1.54) is 25.7 Å². The van der Waals surface area contributed by atoms with Crippen molar-refractivity contribution in [2.75, 3.05) is 5.73 Å². The Morgan fingerprint density at radius 1 is 1.26 bits per heavy atom. The van der Waals surface area contributed by atoms with E-state index in [0.717, 1.165) is 12.0 Å². The largest absolute Gasteiger partial charge is 0.398 e. The molecule has 2 atom stereocenters. The number of carbonyl (C=O) groups excluding carboxylic acids is 1. The first kappa shape index (κ1) is 13.9. The fourth-order valence-electron chi connectivity index (χ4n) is 2.95. The number of anilines is 1. The molecule has 1 aromatic rings. The number of carbonyl (C=O) groups is 1. The van der Waals surface area contributed by atoms with E-state index < -0.39 is 0 Å². The first-order valence-corrected chi connectivity index (χ1v) is 7.25.